The van der Waals surface area contributed by atoms with Gasteiger partial charge >= 0.3 is 0 Å². The van der Waals surface area contributed by atoms with Gasteiger partial charge in [0, 0.05) is 44.2 Å². The summed E-state index contributed by atoms with van der Waals surface area (Å²) in [6.07, 6.45) is 10.5. The molecule has 3 aromatic rings. The van der Waals surface area contributed by atoms with Crippen molar-refractivity contribution >= 4 is 35.2 Å². The van der Waals surface area contributed by atoms with Gasteiger partial charge in [-0.25, -0.2) is 0 Å². The third kappa shape index (κ3) is 6.99. The smallest absolute Gasteiger partial charge is 0.229 e. The summed E-state index contributed by atoms with van der Waals surface area (Å²) in [5, 5.41) is 4.05. The number of aromatic nitrogens is 1. The third-order valence-electron chi connectivity index (χ3n) is 10.4. The summed E-state index contributed by atoms with van der Waals surface area (Å²) in [5.41, 5.74) is 3.99. The van der Waals surface area contributed by atoms with E-state index in [9.17, 15) is 14.1 Å². The number of unbranched alkanes of at least 4 members (excludes halogenated alkanes) is 1. The predicted octanol–water partition coefficient (Wildman–Crippen LogP) is 7.14. The molecule has 3 aliphatic rings. The normalized spacial score (nSPS) is 19.0. The zero-order chi connectivity index (χ0) is 33.2. The van der Waals surface area contributed by atoms with Gasteiger partial charge in [-0.3, -0.25) is 9.79 Å². The zero-order valence-corrected chi connectivity index (χ0v) is 29.0. The molecule has 9 nitrogen and oxygen atoms in total. The lowest BCUT2D eigenvalue weighted by Crippen LogP contribution is -2.33. The van der Waals surface area contributed by atoms with Gasteiger partial charge in [0.15, 0.2) is 4.90 Å². The molecule has 250 valence electrons. The molecule has 1 aliphatic heterocycles. The van der Waals surface area contributed by atoms with Crippen LogP contribution in [0, 0.1) is 19.3 Å². The summed E-state index contributed by atoms with van der Waals surface area (Å²) in [4.78, 5) is 35.5. The lowest BCUT2D eigenvalue weighted by Gasteiger charge is -2.27. The molecule has 1 aromatic heterocycles. The largest absolute Gasteiger partial charge is 0.588 e. The van der Waals surface area contributed by atoms with Crippen LogP contribution < -0.4 is 4.72 Å². The monoisotopic (exact) mass is 657 g/mol. The molecule has 3 fully saturated rings. The molecule has 2 aromatic carbocycles. The van der Waals surface area contributed by atoms with Crippen molar-refractivity contribution in [3.63, 3.8) is 0 Å². The minimum absolute atomic E-state index is 0.145. The summed E-state index contributed by atoms with van der Waals surface area (Å²) in [6.45, 7) is 7.76. The number of carbonyl (C=O) groups is 2. The number of benzene rings is 2. The van der Waals surface area contributed by atoms with Crippen molar-refractivity contribution in [2.75, 3.05) is 18.3 Å². The first-order valence-electron chi connectivity index (χ1n) is 17.1. The van der Waals surface area contributed by atoms with Gasteiger partial charge in [0.05, 0.1) is 5.41 Å². The Morgan fingerprint density at radius 1 is 1.13 bits per heavy atom. The summed E-state index contributed by atoms with van der Waals surface area (Å²) in [5.74, 6) is 2.37. The quantitative estimate of drug-likeness (QED) is 0.0900. The second-order valence-electron chi connectivity index (χ2n) is 13.7. The van der Waals surface area contributed by atoms with E-state index in [4.69, 9.17) is 9.52 Å². The van der Waals surface area contributed by atoms with E-state index >= 15 is 0 Å². The van der Waals surface area contributed by atoms with E-state index in [1.165, 1.54) is 0 Å². The number of hydrogen-bond acceptors (Lipinski definition) is 7. The van der Waals surface area contributed by atoms with Crippen molar-refractivity contribution in [1.82, 2.24) is 15.0 Å². The van der Waals surface area contributed by atoms with Crippen molar-refractivity contribution in [3.8, 4) is 11.1 Å². The molecule has 6 rings (SSSR count). The van der Waals surface area contributed by atoms with E-state index in [1.807, 2.05) is 43.0 Å². The maximum Gasteiger partial charge on any atom is 0.229 e. The summed E-state index contributed by atoms with van der Waals surface area (Å²) < 4.78 is 22.1. The maximum atomic E-state index is 13.7. The third-order valence-corrected chi connectivity index (χ3v) is 11.5. The molecule has 1 spiro atoms. The summed E-state index contributed by atoms with van der Waals surface area (Å²) in [7, 11) is 2.06. The molecule has 47 heavy (non-hydrogen) atoms. The number of likely N-dealkylation sites (tertiary alicyclic amines) is 1. The van der Waals surface area contributed by atoms with Crippen LogP contribution in [0.1, 0.15) is 93.6 Å². The van der Waals surface area contributed by atoms with Crippen molar-refractivity contribution in [2.45, 2.75) is 109 Å². The van der Waals surface area contributed by atoms with Gasteiger partial charge in [-0.05, 0) is 81.2 Å². The van der Waals surface area contributed by atoms with Crippen LogP contribution in [0.2, 0.25) is 0 Å². The molecule has 0 radical (unpaired) electrons. The first-order chi connectivity index (χ1) is 22.7. The lowest BCUT2D eigenvalue weighted by atomic mass is 9.96. The minimum Gasteiger partial charge on any atom is -0.588 e. The van der Waals surface area contributed by atoms with Crippen molar-refractivity contribution in [1.29, 1.82) is 0 Å². The van der Waals surface area contributed by atoms with Gasteiger partial charge in [-0.15, -0.1) is 0 Å². The Kier molecular flexibility index (Phi) is 9.80. The number of aldehydes is 1. The van der Waals surface area contributed by atoms with Gasteiger partial charge in [-0.1, -0.05) is 61.7 Å². The van der Waals surface area contributed by atoms with Crippen LogP contribution in [-0.2, 0) is 34.0 Å². The highest BCUT2D eigenvalue weighted by atomic mass is 32.2. The average molecular weight is 658 g/mol. The molecular weight excluding hydrogens is 611 g/mol. The van der Waals surface area contributed by atoms with Crippen molar-refractivity contribution in [3.05, 3.63) is 64.9 Å². The van der Waals surface area contributed by atoms with Gasteiger partial charge in [0.1, 0.15) is 34.8 Å². The fourth-order valence-corrected chi connectivity index (χ4v) is 8.10. The highest BCUT2D eigenvalue weighted by molar-refractivity contribution is 7.92. The minimum atomic E-state index is -1.60. The van der Waals surface area contributed by atoms with E-state index in [1.54, 1.807) is 0 Å². The van der Waals surface area contributed by atoms with Crippen molar-refractivity contribution < 1.29 is 18.7 Å². The first-order valence-corrected chi connectivity index (χ1v) is 18.2. The number of nitrogens with one attached hydrogen (secondary N) is 1. The number of amidine groups is 1. The highest BCUT2D eigenvalue weighted by Crippen LogP contribution is 2.54. The van der Waals surface area contributed by atoms with Crippen LogP contribution in [0.25, 0.3) is 11.1 Å². The van der Waals surface area contributed by atoms with Crippen LogP contribution in [0.15, 0.2) is 56.9 Å². The lowest BCUT2D eigenvalue weighted by molar-refractivity contribution is -0.132. The van der Waals surface area contributed by atoms with Crippen molar-refractivity contribution in [2.24, 2.45) is 10.4 Å². The molecule has 1 saturated heterocycles. The Hall–Kier alpha value is -3.63. The van der Waals surface area contributed by atoms with Crippen LogP contribution in [0.4, 0.5) is 5.82 Å². The Morgan fingerprint density at radius 3 is 2.55 bits per heavy atom. The number of aliphatic imine (C=N–C) groups is 1. The highest BCUT2D eigenvalue weighted by Gasteiger charge is 2.55. The number of nitrogens with zero attached hydrogens (tertiary/aromatic N) is 4. The van der Waals surface area contributed by atoms with Gasteiger partial charge in [0.25, 0.3) is 0 Å². The number of hydrogen-bond donors (Lipinski definition) is 1. The number of amides is 1. The molecule has 2 heterocycles. The molecular formula is C37H47N5O4S. The van der Waals surface area contributed by atoms with E-state index in [-0.39, 0.29) is 11.3 Å². The number of anilines is 1. The maximum absolute atomic E-state index is 13.7. The van der Waals surface area contributed by atoms with E-state index in [0.717, 1.165) is 111 Å². The Morgan fingerprint density at radius 2 is 1.89 bits per heavy atom. The Balaban J connectivity index is 1.33. The van der Waals surface area contributed by atoms with Crippen LogP contribution in [0.3, 0.4) is 0 Å². The number of carbonyl (C=O) groups excluding carboxylic acids is 2. The second-order valence-corrected chi connectivity index (χ2v) is 14.9. The standard InChI is InChI=1S/C37H47N5O4S/c1-5-6-13-33(38-37(25-43)16-9-10-17-37)41(4)23-28-14-15-30(29(22-28)24-42-21-20-36(18-19-36)35(42)44)31-11-7-8-12-32(31)47(45)40-34-26(2)27(3)46-39-34/h7-8,11-12,14-15,22,25H,5-6,9-10,13,16-21,23-24H2,1-4H3,(H,39,40). The summed E-state index contributed by atoms with van der Waals surface area (Å²) >= 11 is -1.60. The second kappa shape index (κ2) is 13.8. The molecule has 1 unspecified atom stereocenters. The molecule has 2 aliphatic carbocycles. The SMILES string of the molecule is CCCCC(=NC1(C=O)CCCC1)N(C)Cc1ccc(-c2ccccc2[S+]([O-])Nc2noc(C)c2C)c(CN2CCC3(CC3)C2=O)c1. The fourth-order valence-electron chi connectivity index (χ4n) is 7.04. The van der Waals surface area contributed by atoms with E-state index in [2.05, 4.69) is 46.9 Å². The number of rotatable bonds is 13. The summed E-state index contributed by atoms with van der Waals surface area (Å²) in [6, 6.07) is 14.1. The number of aryl methyl sites for hydroxylation is 1. The van der Waals surface area contributed by atoms with Crippen LogP contribution >= 0.6 is 0 Å². The van der Waals surface area contributed by atoms with E-state index in [0.29, 0.717) is 29.6 Å². The fraction of sp³-hybridized carbons (Fsp3) is 0.514. The van der Waals surface area contributed by atoms with E-state index < -0.39 is 16.9 Å². The van der Waals surface area contributed by atoms with Crippen LogP contribution in [0.5, 0.6) is 0 Å². The molecule has 1 atom stereocenters. The van der Waals surface area contributed by atoms with Gasteiger partial charge in [-0.2, -0.15) is 4.72 Å². The molecule has 2 saturated carbocycles. The molecule has 1 amide bonds. The Labute approximate surface area is 281 Å². The van der Waals surface area contributed by atoms with Gasteiger partial charge in [0.2, 0.25) is 11.7 Å². The topological polar surface area (TPSA) is 114 Å². The molecule has 10 heteroatoms. The Bertz CT molecular complexity index is 1640. The first kappa shape index (κ1) is 33.3. The molecule has 0 bridgehead atoms. The predicted molar refractivity (Wildman–Crippen MR) is 185 cm³/mol. The zero-order valence-electron chi connectivity index (χ0n) is 28.1. The van der Waals surface area contributed by atoms with Gasteiger partial charge < -0.3 is 23.7 Å². The average Bonchev–Trinajstić information content (AvgIpc) is 3.48. The van der Waals surface area contributed by atoms with Crippen LogP contribution in [-0.4, -0.2) is 56.7 Å². The molecule has 1 N–H and O–H groups in total.